The molecule has 0 radical (unpaired) electrons. The van der Waals surface area contributed by atoms with Crippen molar-refractivity contribution in [3.8, 4) is 0 Å². The van der Waals surface area contributed by atoms with Crippen LogP contribution in [-0.2, 0) is 4.79 Å². The summed E-state index contributed by atoms with van der Waals surface area (Å²) < 4.78 is 0. The van der Waals surface area contributed by atoms with Gasteiger partial charge in [0.25, 0.3) is 0 Å². The fourth-order valence-electron chi connectivity index (χ4n) is 2.11. The van der Waals surface area contributed by atoms with Crippen LogP contribution >= 0.6 is 0 Å². The van der Waals surface area contributed by atoms with Crippen molar-refractivity contribution in [2.24, 2.45) is 5.92 Å². The molecule has 110 valence electrons. The van der Waals surface area contributed by atoms with E-state index in [0.717, 1.165) is 17.1 Å². The number of benzene rings is 2. The van der Waals surface area contributed by atoms with E-state index in [4.69, 9.17) is 0 Å². The standard InChI is InChI=1S/C18H22N2O/c1-13(2)11-18(21)20-16-9-7-15(8-10-16)19-17-6-4-5-14(3)12-17/h4-10,12-13,19H,11H2,1-3H3,(H,20,21). The van der Waals surface area contributed by atoms with Gasteiger partial charge in [-0.2, -0.15) is 0 Å². The Morgan fingerprint density at radius 3 is 2.29 bits per heavy atom. The highest BCUT2D eigenvalue weighted by Gasteiger charge is 2.05. The summed E-state index contributed by atoms with van der Waals surface area (Å²) in [6.07, 6.45) is 0.545. The molecule has 0 aromatic heterocycles. The first kappa shape index (κ1) is 15.1. The average molecular weight is 282 g/mol. The minimum atomic E-state index is 0.0596. The summed E-state index contributed by atoms with van der Waals surface area (Å²) in [5.74, 6) is 0.427. The van der Waals surface area contributed by atoms with Gasteiger partial charge in [0.15, 0.2) is 0 Å². The Kier molecular flexibility index (Phi) is 4.99. The Hall–Kier alpha value is -2.29. The summed E-state index contributed by atoms with van der Waals surface area (Å²) >= 11 is 0. The lowest BCUT2D eigenvalue weighted by Gasteiger charge is -2.10. The highest BCUT2D eigenvalue weighted by Crippen LogP contribution is 2.20. The Balaban J connectivity index is 1.97. The Morgan fingerprint density at radius 1 is 1.00 bits per heavy atom. The van der Waals surface area contributed by atoms with Gasteiger partial charge in [-0.1, -0.05) is 26.0 Å². The molecule has 21 heavy (non-hydrogen) atoms. The van der Waals surface area contributed by atoms with Crippen LogP contribution in [0.25, 0.3) is 0 Å². The van der Waals surface area contributed by atoms with E-state index in [1.807, 2.05) is 50.2 Å². The second-order valence-electron chi connectivity index (χ2n) is 5.72. The molecule has 2 aromatic rings. The number of hydrogen-bond donors (Lipinski definition) is 2. The second kappa shape index (κ2) is 6.93. The third-order valence-electron chi connectivity index (χ3n) is 3.07. The van der Waals surface area contributed by atoms with Crippen molar-refractivity contribution in [2.45, 2.75) is 27.2 Å². The molecule has 0 atom stereocenters. The highest BCUT2D eigenvalue weighted by molar-refractivity contribution is 5.91. The zero-order chi connectivity index (χ0) is 15.2. The van der Waals surface area contributed by atoms with Crippen molar-refractivity contribution in [2.75, 3.05) is 10.6 Å². The first-order chi connectivity index (χ1) is 10.0. The largest absolute Gasteiger partial charge is 0.356 e. The number of carbonyl (C=O) groups is 1. The number of anilines is 3. The molecular weight excluding hydrogens is 260 g/mol. The third-order valence-corrected chi connectivity index (χ3v) is 3.07. The zero-order valence-electron chi connectivity index (χ0n) is 12.8. The SMILES string of the molecule is Cc1cccc(Nc2ccc(NC(=O)CC(C)C)cc2)c1. The van der Waals surface area contributed by atoms with Crippen molar-refractivity contribution in [3.05, 3.63) is 54.1 Å². The molecule has 0 aliphatic heterocycles. The summed E-state index contributed by atoms with van der Waals surface area (Å²) in [5.41, 5.74) is 4.11. The van der Waals surface area contributed by atoms with Crippen molar-refractivity contribution >= 4 is 23.0 Å². The van der Waals surface area contributed by atoms with Crippen LogP contribution in [-0.4, -0.2) is 5.91 Å². The minimum absolute atomic E-state index is 0.0596. The number of hydrogen-bond acceptors (Lipinski definition) is 2. The van der Waals surface area contributed by atoms with Gasteiger partial charge in [0.1, 0.15) is 0 Å². The zero-order valence-corrected chi connectivity index (χ0v) is 12.8. The molecule has 1 amide bonds. The fourth-order valence-corrected chi connectivity index (χ4v) is 2.11. The van der Waals surface area contributed by atoms with Gasteiger partial charge in [0.05, 0.1) is 0 Å². The molecule has 2 rings (SSSR count). The van der Waals surface area contributed by atoms with E-state index < -0.39 is 0 Å². The molecule has 0 saturated carbocycles. The van der Waals surface area contributed by atoms with Gasteiger partial charge in [-0.15, -0.1) is 0 Å². The number of rotatable bonds is 5. The lowest BCUT2D eigenvalue weighted by molar-refractivity contribution is -0.116. The lowest BCUT2D eigenvalue weighted by atomic mass is 10.1. The predicted molar refractivity (Wildman–Crippen MR) is 89.0 cm³/mol. The predicted octanol–water partition coefficient (Wildman–Crippen LogP) is 4.72. The van der Waals surface area contributed by atoms with Crippen molar-refractivity contribution in [3.63, 3.8) is 0 Å². The van der Waals surface area contributed by atoms with Crippen molar-refractivity contribution in [1.29, 1.82) is 0 Å². The summed E-state index contributed by atoms with van der Waals surface area (Å²) in [7, 11) is 0. The molecule has 0 bridgehead atoms. The van der Waals surface area contributed by atoms with Crippen LogP contribution in [0.15, 0.2) is 48.5 Å². The quantitative estimate of drug-likeness (QED) is 0.833. The van der Waals surface area contributed by atoms with Crippen LogP contribution in [0.3, 0.4) is 0 Å². The fraction of sp³-hybridized carbons (Fsp3) is 0.278. The van der Waals surface area contributed by atoms with E-state index in [0.29, 0.717) is 12.3 Å². The monoisotopic (exact) mass is 282 g/mol. The van der Waals surface area contributed by atoms with E-state index >= 15 is 0 Å². The van der Waals surface area contributed by atoms with Crippen LogP contribution in [0.1, 0.15) is 25.8 Å². The van der Waals surface area contributed by atoms with Gasteiger partial charge in [0.2, 0.25) is 5.91 Å². The number of nitrogens with one attached hydrogen (secondary N) is 2. The number of amides is 1. The Bertz CT molecular complexity index is 603. The van der Waals surface area contributed by atoms with Gasteiger partial charge in [-0.25, -0.2) is 0 Å². The maximum Gasteiger partial charge on any atom is 0.224 e. The first-order valence-corrected chi connectivity index (χ1v) is 7.26. The topological polar surface area (TPSA) is 41.1 Å². The van der Waals surface area contributed by atoms with Gasteiger partial charge >= 0.3 is 0 Å². The van der Waals surface area contributed by atoms with Crippen LogP contribution in [0.5, 0.6) is 0 Å². The molecule has 2 N–H and O–H groups in total. The molecule has 0 aliphatic rings. The smallest absolute Gasteiger partial charge is 0.224 e. The molecule has 3 heteroatoms. The highest BCUT2D eigenvalue weighted by atomic mass is 16.1. The van der Waals surface area contributed by atoms with E-state index in [2.05, 4.69) is 29.7 Å². The van der Waals surface area contributed by atoms with E-state index in [-0.39, 0.29) is 5.91 Å². The Labute approximate surface area is 126 Å². The molecular formula is C18H22N2O. The van der Waals surface area contributed by atoms with Gasteiger partial charge in [0, 0.05) is 23.5 Å². The van der Waals surface area contributed by atoms with Crippen LogP contribution in [0.4, 0.5) is 17.1 Å². The summed E-state index contributed by atoms with van der Waals surface area (Å²) in [6.45, 7) is 6.14. The maximum atomic E-state index is 11.7. The van der Waals surface area contributed by atoms with Crippen LogP contribution in [0, 0.1) is 12.8 Å². The van der Waals surface area contributed by atoms with E-state index in [1.54, 1.807) is 0 Å². The molecule has 0 saturated heterocycles. The second-order valence-corrected chi connectivity index (χ2v) is 5.72. The minimum Gasteiger partial charge on any atom is -0.356 e. The van der Waals surface area contributed by atoms with Crippen molar-refractivity contribution < 1.29 is 4.79 Å². The third kappa shape index (κ3) is 4.95. The number of carbonyl (C=O) groups excluding carboxylic acids is 1. The maximum absolute atomic E-state index is 11.7. The molecule has 0 aliphatic carbocycles. The van der Waals surface area contributed by atoms with Crippen molar-refractivity contribution in [1.82, 2.24) is 0 Å². The summed E-state index contributed by atoms with van der Waals surface area (Å²) in [5, 5.41) is 6.25. The lowest BCUT2D eigenvalue weighted by Crippen LogP contribution is -2.13. The van der Waals surface area contributed by atoms with Crippen LogP contribution in [0.2, 0.25) is 0 Å². The molecule has 0 unspecified atom stereocenters. The molecule has 2 aromatic carbocycles. The molecule has 0 heterocycles. The molecule has 0 fully saturated rings. The summed E-state index contributed by atoms with van der Waals surface area (Å²) in [4.78, 5) is 11.7. The van der Waals surface area contributed by atoms with Gasteiger partial charge in [-0.05, 0) is 54.8 Å². The van der Waals surface area contributed by atoms with E-state index in [1.165, 1.54) is 5.56 Å². The molecule has 0 spiro atoms. The van der Waals surface area contributed by atoms with E-state index in [9.17, 15) is 4.79 Å². The number of aryl methyl sites for hydroxylation is 1. The average Bonchev–Trinajstić information content (AvgIpc) is 2.40. The van der Waals surface area contributed by atoms with Gasteiger partial charge in [-0.3, -0.25) is 4.79 Å². The normalized spacial score (nSPS) is 10.5. The van der Waals surface area contributed by atoms with Gasteiger partial charge < -0.3 is 10.6 Å². The van der Waals surface area contributed by atoms with Crippen LogP contribution < -0.4 is 10.6 Å². The Morgan fingerprint density at radius 2 is 1.67 bits per heavy atom. The molecule has 3 nitrogen and oxygen atoms in total. The summed E-state index contributed by atoms with van der Waals surface area (Å²) in [6, 6.07) is 16.0. The first-order valence-electron chi connectivity index (χ1n) is 7.26.